The lowest BCUT2D eigenvalue weighted by Gasteiger charge is -2.48. The number of alkyl halides is 2. The first kappa shape index (κ1) is 20.5. The summed E-state index contributed by atoms with van der Waals surface area (Å²) in [6.07, 6.45) is 0.111. The summed E-state index contributed by atoms with van der Waals surface area (Å²) in [5, 5.41) is 0. The van der Waals surface area contributed by atoms with Crippen LogP contribution in [0, 0.1) is 0 Å². The lowest BCUT2D eigenvalue weighted by molar-refractivity contribution is 0.190. The van der Waals surface area contributed by atoms with E-state index in [0.29, 0.717) is 49.7 Å². The second-order valence-corrected chi connectivity index (χ2v) is 11.2. The number of sulfone groups is 1. The summed E-state index contributed by atoms with van der Waals surface area (Å²) in [6, 6.07) is 18.1. The van der Waals surface area contributed by atoms with Crippen LogP contribution in [0.15, 0.2) is 60.7 Å². The minimum atomic E-state index is -3.96. The molecule has 0 aliphatic heterocycles. The smallest absolute Gasteiger partial charge is 0.170 e. The molecule has 4 rings (SSSR count). The van der Waals surface area contributed by atoms with Gasteiger partial charge in [-0.25, -0.2) is 17.2 Å². The van der Waals surface area contributed by atoms with Crippen molar-refractivity contribution in [2.24, 2.45) is 0 Å². The molecule has 29 heavy (non-hydrogen) atoms. The fourth-order valence-electron chi connectivity index (χ4n) is 5.52. The summed E-state index contributed by atoms with van der Waals surface area (Å²) in [5.41, 5.74) is 1.28. The van der Waals surface area contributed by atoms with Crippen molar-refractivity contribution in [2.75, 3.05) is 0 Å². The molecule has 4 unspecified atom stereocenters. The van der Waals surface area contributed by atoms with Gasteiger partial charge in [-0.1, -0.05) is 60.7 Å². The number of halogens is 2. The Bertz CT molecular complexity index is 860. The Kier molecular flexibility index (Phi) is 5.54. The molecule has 2 aliphatic carbocycles. The Labute approximate surface area is 172 Å². The third-order valence-corrected chi connectivity index (χ3v) is 10.2. The summed E-state index contributed by atoms with van der Waals surface area (Å²) in [4.78, 5) is 0. The first-order chi connectivity index (χ1) is 13.9. The van der Waals surface area contributed by atoms with Crippen LogP contribution in [0.2, 0.25) is 0 Å². The van der Waals surface area contributed by atoms with Crippen LogP contribution in [-0.4, -0.2) is 20.8 Å². The molecule has 2 saturated carbocycles. The molecular formula is C24H28F2O2S. The van der Waals surface area contributed by atoms with E-state index >= 15 is 0 Å². The van der Waals surface area contributed by atoms with Crippen molar-refractivity contribution in [1.29, 1.82) is 0 Å². The second kappa shape index (κ2) is 7.82. The third-order valence-electron chi connectivity index (χ3n) is 6.93. The van der Waals surface area contributed by atoms with E-state index in [4.69, 9.17) is 0 Å². The number of benzene rings is 2. The third kappa shape index (κ3) is 3.31. The van der Waals surface area contributed by atoms with Gasteiger partial charge in [-0.15, -0.1) is 0 Å². The average molecular weight is 419 g/mol. The normalized spacial score (nSPS) is 33.3. The average Bonchev–Trinajstić information content (AvgIpc) is 2.74. The van der Waals surface area contributed by atoms with Crippen LogP contribution in [0.1, 0.15) is 62.5 Å². The van der Waals surface area contributed by atoms with Crippen LogP contribution in [0.25, 0.3) is 0 Å². The lowest BCUT2D eigenvalue weighted by Crippen LogP contribution is -2.53. The lowest BCUT2D eigenvalue weighted by atomic mass is 9.81. The van der Waals surface area contributed by atoms with Crippen molar-refractivity contribution in [3.63, 3.8) is 0 Å². The maximum atomic E-state index is 14.7. The van der Waals surface area contributed by atoms with E-state index in [1.165, 1.54) is 0 Å². The van der Waals surface area contributed by atoms with E-state index in [1.54, 1.807) is 24.3 Å². The second-order valence-electron chi connectivity index (χ2n) is 8.61. The Morgan fingerprint density at radius 1 is 0.690 bits per heavy atom. The maximum Gasteiger partial charge on any atom is 0.170 e. The highest BCUT2D eigenvalue weighted by atomic mass is 32.2. The highest BCUT2D eigenvalue weighted by molar-refractivity contribution is 7.93. The zero-order valence-electron chi connectivity index (χ0n) is 16.6. The molecule has 2 aliphatic rings. The molecular weight excluding hydrogens is 390 g/mol. The van der Waals surface area contributed by atoms with Gasteiger partial charge in [-0.2, -0.15) is 0 Å². The minimum Gasteiger partial charge on any atom is -0.247 e. The molecule has 0 saturated heterocycles. The van der Waals surface area contributed by atoms with Crippen LogP contribution < -0.4 is 0 Å². The van der Waals surface area contributed by atoms with E-state index in [-0.39, 0.29) is 12.8 Å². The first-order valence-corrected chi connectivity index (χ1v) is 12.0. The number of hydrogen-bond acceptors (Lipinski definition) is 2. The van der Waals surface area contributed by atoms with Crippen molar-refractivity contribution < 1.29 is 17.2 Å². The first-order valence-electron chi connectivity index (χ1n) is 10.5. The Morgan fingerprint density at radius 3 is 1.41 bits per heavy atom. The zero-order chi connectivity index (χ0) is 20.5. The highest BCUT2D eigenvalue weighted by Gasteiger charge is 2.60. The molecule has 4 atom stereocenters. The van der Waals surface area contributed by atoms with Gasteiger partial charge in [0.15, 0.2) is 9.84 Å². The van der Waals surface area contributed by atoms with Crippen molar-refractivity contribution >= 4 is 9.84 Å². The van der Waals surface area contributed by atoms with Gasteiger partial charge < -0.3 is 0 Å². The van der Waals surface area contributed by atoms with Crippen molar-refractivity contribution in [2.45, 2.75) is 73.2 Å². The van der Waals surface area contributed by atoms with Crippen LogP contribution in [0.4, 0.5) is 8.78 Å². The molecule has 0 heterocycles. The van der Waals surface area contributed by atoms with Gasteiger partial charge in [0.2, 0.25) is 0 Å². The van der Waals surface area contributed by atoms with Crippen molar-refractivity contribution in [3.05, 3.63) is 71.8 Å². The molecule has 2 aromatic carbocycles. The van der Waals surface area contributed by atoms with Gasteiger partial charge >= 0.3 is 0 Å². The van der Waals surface area contributed by atoms with Gasteiger partial charge in [0.05, 0.1) is 0 Å². The highest BCUT2D eigenvalue weighted by Crippen LogP contribution is 2.56. The molecule has 0 amide bonds. The molecule has 0 radical (unpaired) electrons. The van der Waals surface area contributed by atoms with Crippen LogP contribution in [0.5, 0.6) is 0 Å². The SMILES string of the molecule is O=S(=O)(C1(c2ccccc2)CCCC(F)C1)C1(c2ccccc2)CCCC(F)C1. The zero-order valence-corrected chi connectivity index (χ0v) is 17.4. The number of rotatable bonds is 4. The standard InChI is InChI=1S/C24H28F2O2S/c25-21-13-7-15-23(17-21,19-9-3-1-4-10-19)29(27,28)24(16-8-14-22(26)18-24)20-11-5-2-6-12-20/h1-6,9-12,21-22H,7-8,13-18H2. The summed E-state index contributed by atoms with van der Waals surface area (Å²) < 4.78 is 55.9. The van der Waals surface area contributed by atoms with Crippen LogP contribution >= 0.6 is 0 Å². The summed E-state index contributed by atoms with van der Waals surface area (Å²) in [7, 11) is -3.96. The fourth-order valence-corrected chi connectivity index (χ4v) is 8.79. The van der Waals surface area contributed by atoms with E-state index in [9.17, 15) is 17.2 Å². The van der Waals surface area contributed by atoms with Gasteiger partial charge in [-0.3, -0.25) is 0 Å². The van der Waals surface area contributed by atoms with E-state index in [0.717, 1.165) is 0 Å². The predicted molar refractivity (Wildman–Crippen MR) is 112 cm³/mol. The molecule has 2 nitrogen and oxygen atoms in total. The summed E-state index contributed by atoms with van der Waals surface area (Å²) in [6.45, 7) is 0. The summed E-state index contributed by atoms with van der Waals surface area (Å²) >= 11 is 0. The Morgan fingerprint density at radius 2 is 1.07 bits per heavy atom. The Balaban J connectivity index is 1.95. The van der Waals surface area contributed by atoms with E-state index in [2.05, 4.69) is 0 Å². The molecule has 0 spiro atoms. The molecule has 5 heteroatoms. The predicted octanol–water partition coefficient (Wildman–Crippen LogP) is 6.02. The number of hydrogen-bond donors (Lipinski definition) is 0. The molecule has 2 aromatic rings. The largest absolute Gasteiger partial charge is 0.247 e. The molecule has 0 aromatic heterocycles. The van der Waals surface area contributed by atoms with Crippen LogP contribution in [0.3, 0.4) is 0 Å². The van der Waals surface area contributed by atoms with Crippen LogP contribution in [-0.2, 0) is 19.3 Å². The van der Waals surface area contributed by atoms with Crippen molar-refractivity contribution in [3.8, 4) is 0 Å². The summed E-state index contributed by atoms with van der Waals surface area (Å²) in [5.74, 6) is 0. The monoisotopic (exact) mass is 418 g/mol. The molecule has 2 fully saturated rings. The Hall–Kier alpha value is -1.75. The maximum absolute atomic E-state index is 14.7. The van der Waals surface area contributed by atoms with Gasteiger partial charge in [0, 0.05) is 12.8 Å². The topological polar surface area (TPSA) is 34.1 Å². The van der Waals surface area contributed by atoms with Crippen molar-refractivity contribution in [1.82, 2.24) is 0 Å². The molecule has 0 bridgehead atoms. The quantitative estimate of drug-likeness (QED) is 0.609. The van der Waals surface area contributed by atoms with Gasteiger partial charge in [0.25, 0.3) is 0 Å². The molecule has 0 N–H and O–H groups in total. The van der Waals surface area contributed by atoms with Gasteiger partial charge in [-0.05, 0) is 49.7 Å². The van der Waals surface area contributed by atoms with E-state index in [1.807, 2.05) is 36.4 Å². The van der Waals surface area contributed by atoms with E-state index < -0.39 is 31.7 Å². The fraction of sp³-hybridized carbons (Fsp3) is 0.500. The minimum absolute atomic E-state index is 0.0507. The molecule has 156 valence electrons. The van der Waals surface area contributed by atoms with Gasteiger partial charge in [0.1, 0.15) is 21.8 Å².